The average molecular weight is 522 g/mol. The Morgan fingerprint density at radius 1 is 1.00 bits per heavy atom. The summed E-state index contributed by atoms with van der Waals surface area (Å²) in [6.07, 6.45) is 2.45. The Morgan fingerprint density at radius 3 is 2.34 bits per heavy atom. The van der Waals surface area contributed by atoms with Gasteiger partial charge in [0.15, 0.2) is 6.61 Å². The molecular formula is C24H28ClN3O6S. The molecule has 0 saturated carbocycles. The predicted molar refractivity (Wildman–Crippen MR) is 131 cm³/mol. The third kappa shape index (κ3) is 6.52. The molecule has 9 nitrogen and oxygen atoms in total. The van der Waals surface area contributed by atoms with E-state index in [-0.39, 0.29) is 41.3 Å². The second kappa shape index (κ2) is 11.4. The quantitative estimate of drug-likeness (QED) is 0.572. The van der Waals surface area contributed by atoms with Crippen molar-refractivity contribution in [3.8, 4) is 5.75 Å². The summed E-state index contributed by atoms with van der Waals surface area (Å²) in [7, 11) is -3.68. The maximum absolute atomic E-state index is 12.8. The number of ether oxygens (including phenoxy) is 2. The van der Waals surface area contributed by atoms with Crippen molar-refractivity contribution in [1.29, 1.82) is 0 Å². The van der Waals surface area contributed by atoms with Crippen molar-refractivity contribution in [2.45, 2.75) is 24.2 Å². The fourth-order valence-electron chi connectivity index (χ4n) is 3.99. The lowest BCUT2D eigenvalue weighted by Gasteiger charge is -2.26. The van der Waals surface area contributed by atoms with E-state index in [0.717, 1.165) is 31.5 Å². The van der Waals surface area contributed by atoms with E-state index in [4.69, 9.17) is 21.1 Å². The van der Waals surface area contributed by atoms with E-state index in [1.807, 2.05) is 17.0 Å². The summed E-state index contributed by atoms with van der Waals surface area (Å²) in [5.41, 5.74) is 1.46. The molecule has 2 aromatic rings. The highest BCUT2D eigenvalue weighted by Gasteiger charge is 2.27. The number of rotatable bonds is 8. The highest BCUT2D eigenvalue weighted by atomic mass is 35.5. The summed E-state index contributed by atoms with van der Waals surface area (Å²) in [5.74, 6) is -0.0705. The van der Waals surface area contributed by atoms with Crippen molar-refractivity contribution >= 4 is 39.1 Å². The number of carbonyl (C=O) groups is 2. The normalized spacial score (nSPS) is 16.8. The second-order valence-electron chi connectivity index (χ2n) is 8.41. The molecule has 2 amide bonds. The number of likely N-dealkylation sites (tertiary alicyclic amines) is 1. The number of sulfonamides is 1. The van der Waals surface area contributed by atoms with Gasteiger partial charge in [0.2, 0.25) is 15.9 Å². The standard InChI is InChI=1S/C24H28ClN3O6S/c25-21-16-20(35(31,32)28-11-13-33-14-12-28)7-8-22(21)34-17-23(29)26-19-5-3-18(4-6-19)15-24(30)27-9-1-2-10-27/h3-8,16H,1-2,9-15,17H2,(H,26,29). The molecule has 0 aromatic heterocycles. The van der Waals surface area contributed by atoms with Crippen molar-refractivity contribution in [1.82, 2.24) is 9.21 Å². The van der Waals surface area contributed by atoms with Gasteiger partial charge in [-0.15, -0.1) is 0 Å². The van der Waals surface area contributed by atoms with Gasteiger partial charge in [0.1, 0.15) is 5.75 Å². The van der Waals surface area contributed by atoms with Crippen LogP contribution in [0.25, 0.3) is 0 Å². The molecule has 35 heavy (non-hydrogen) atoms. The molecule has 0 atom stereocenters. The van der Waals surface area contributed by atoms with Crippen molar-refractivity contribution in [3.05, 3.63) is 53.1 Å². The number of halogens is 1. The van der Waals surface area contributed by atoms with Crippen LogP contribution < -0.4 is 10.1 Å². The number of nitrogens with zero attached hydrogens (tertiary/aromatic N) is 2. The van der Waals surface area contributed by atoms with Crippen LogP contribution in [0.15, 0.2) is 47.4 Å². The molecule has 0 aliphatic carbocycles. The second-order valence-corrected chi connectivity index (χ2v) is 10.8. The minimum atomic E-state index is -3.68. The fourth-order valence-corrected chi connectivity index (χ4v) is 5.73. The Morgan fingerprint density at radius 2 is 1.69 bits per heavy atom. The van der Waals surface area contributed by atoms with Gasteiger partial charge in [0, 0.05) is 31.9 Å². The maximum atomic E-state index is 12.8. The van der Waals surface area contributed by atoms with Gasteiger partial charge in [0.05, 0.1) is 29.6 Å². The lowest BCUT2D eigenvalue weighted by atomic mass is 10.1. The van der Waals surface area contributed by atoms with E-state index in [2.05, 4.69) is 5.32 Å². The Kier molecular flexibility index (Phi) is 8.27. The first-order valence-electron chi connectivity index (χ1n) is 11.5. The highest BCUT2D eigenvalue weighted by Crippen LogP contribution is 2.29. The smallest absolute Gasteiger partial charge is 0.262 e. The number of hydrogen-bond acceptors (Lipinski definition) is 6. The number of nitrogens with one attached hydrogen (secondary N) is 1. The van der Waals surface area contributed by atoms with E-state index in [1.165, 1.54) is 22.5 Å². The lowest BCUT2D eigenvalue weighted by molar-refractivity contribution is -0.129. The molecular weight excluding hydrogens is 494 g/mol. The van der Waals surface area contributed by atoms with Crippen molar-refractivity contribution < 1.29 is 27.5 Å². The summed E-state index contributed by atoms with van der Waals surface area (Å²) in [4.78, 5) is 26.5. The minimum absolute atomic E-state index is 0.0597. The molecule has 2 fully saturated rings. The lowest BCUT2D eigenvalue weighted by Crippen LogP contribution is -2.40. The summed E-state index contributed by atoms with van der Waals surface area (Å²) in [5, 5.41) is 2.83. The van der Waals surface area contributed by atoms with Crippen LogP contribution in [0.5, 0.6) is 5.75 Å². The summed E-state index contributed by atoms with van der Waals surface area (Å²) in [6.45, 7) is 2.62. The minimum Gasteiger partial charge on any atom is -0.482 e. The van der Waals surface area contributed by atoms with Gasteiger partial charge in [-0.1, -0.05) is 23.7 Å². The van der Waals surface area contributed by atoms with E-state index in [0.29, 0.717) is 25.3 Å². The molecule has 2 aliphatic heterocycles. The summed E-state index contributed by atoms with van der Waals surface area (Å²) in [6, 6.07) is 11.3. The van der Waals surface area contributed by atoms with Gasteiger partial charge in [0.25, 0.3) is 5.91 Å². The van der Waals surface area contributed by atoms with Crippen LogP contribution in [0.1, 0.15) is 18.4 Å². The van der Waals surface area contributed by atoms with Crippen LogP contribution in [0, 0.1) is 0 Å². The predicted octanol–water partition coefficient (Wildman–Crippen LogP) is 2.54. The van der Waals surface area contributed by atoms with Gasteiger partial charge < -0.3 is 19.7 Å². The molecule has 2 saturated heterocycles. The third-order valence-electron chi connectivity index (χ3n) is 5.92. The van der Waals surface area contributed by atoms with E-state index in [1.54, 1.807) is 12.1 Å². The molecule has 2 aromatic carbocycles. The van der Waals surface area contributed by atoms with Gasteiger partial charge in [-0.25, -0.2) is 8.42 Å². The number of benzene rings is 2. The van der Waals surface area contributed by atoms with E-state index < -0.39 is 15.9 Å². The Bertz CT molecular complexity index is 1160. The molecule has 11 heteroatoms. The number of morpholine rings is 1. The van der Waals surface area contributed by atoms with E-state index >= 15 is 0 Å². The zero-order valence-corrected chi connectivity index (χ0v) is 20.8. The SMILES string of the molecule is O=C(COc1ccc(S(=O)(=O)N2CCOCC2)cc1Cl)Nc1ccc(CC(=O)N2CCCC2)cc1. The maximum Gasteiger partial charge on any atom is 0.262 e. The average Bonchev–Trinajstić information content (AvgIpc) is 3.40. The zero-order valence-electron chi connectivity index (χ0n) is 19.2. The first kappa shape index (κ1) is 25.4. The van der Waals surface area contributed by atoms with Crippen LogP contribution in [0.3, 0.4) is 0 Å². The van der Waals surface area contributed by atoms with Crippen LogP contribution in [0.4, 0.5) is 5.69 Å². The van der Waals surface area contributed by atoms with Gasteiger partial charge >= 0.3 is 0 Å². The number of anilines is 1. The van der Waals surface area contributed by atoms with Gasteiger partial charge in [-0.05, 0) is 48.7 Å². The van der Waals surface area contributed by atoms with Crippen LogP contribution >= 0.6 is 11.6 Å². The molecule has 0 bridgehead atoms. The molecule has 4 rings (SSSR count). The molecule has 0 spiro atoms. The Labute approximate surface area is 210 Å². The highest BCUT2D eigenvalue weighted by molar-refractivity contribution is 7.89. The van der Waals surface area contributed by atoms with Crippen molar-refractivity contribution in [3.63, 3.8) is 0 Å². The largest absolute Gasteiger partial charge is 0.482 e. The van der Waals surface area contributed by atoms with Crippen LogP contribution in [0.2, 0.25) is 5.02 Å². The number of amides is 2. The monoisotopic (exact) mass is 521 g/mol. The molecule has 188 valence electrons. The fraction of sp³-hybridized carbons (Fsp3) is 0.417. The zero-order chi connectivity index (χ0) is 24.8. The van der Waals surface area contributed by atoms with Crippen molar-refractivity contribution in [2.75, 3.05) is 51.3 Å². The summed E-state index contributed by atoms with van der Waals surface area (Å²) < 4.78 is 37.6. The van der Waals surface area contributed by atoms with Gasteiger partial charge in [-0.3, -0.25) is 9.59 Å². The van der Waals surface area contributed by atoms with Crippen LogP contribution in [-0.4, -0.2) is 75.4 Å². The Hall–Kier alpha value is -2.66. The molecule has 0 radical (unpaired) electrons. The van der Waals surface area contributed by atoms with Gasteiger partial charge in [-0.2, -0.15) is 4.31 Å². The van der Waals surface area contributed by atoms with Crippen molar-refractivity contribution in [2.24, 2.45) is 0 Å². The number of hydrogen-bond donors (Lipinski definition) is 1. The molecule has 1 N–H and O–H groups in total. The van der Waals surface area contributed by atoms with Crippen LogP contribution in [-0.2, 0) is 30.8 Å². The topological polar surface area (TPSA) is 105 Å². The third-order valence-corrected chi connectivity index (χ3v) is 8.11. The molecule has 2 heterocycles. The number of carbonyl (C=O) groups excluding carboxylic acids is 2. The Balaban J connectivity index is 1.28. The molecule has 0 unspecified atom stereocenters. The first-order chi connectivity index (χ1) is 16.8. The molecule has 2 aliphatic rings. The first-order valence-corrected chi connectivity index (χ1v) is 13.3. The summed E-state index contributed by atoms with van der Waals surface area (Å²) >= 11 is 6.23. The van der Waals surface area contributed by atoms with E-state index in [9.17, 15) is 18.0 Å².